The van der Waals surface area contributed by atoms with Gasteiger partial charge in [0.1, 0.15) is 5.75 Å². The molecule has 0 N–H and O–H groups in total. The van der Waals surface area contributed by atoms with Gasteiger partial charge in [-0.3, -0.25) is 4.68 Å². The minimum Gasteiger partial charge on any atom is -0.422 e. The average molecular weight is 424 g/mol. The summed E-state index contributed by atoms with van der Waals surface area (Å²) in [6, 6.07) is 9.89. The molecule has 0 amide bonds. The molecule has 0 saturated heterocycles. The van der Waals surface area contributed by atoms with Crippen LogP contribution in [0.4, 0.5) is 8.78 Å². The number of aryl methyl sites for hydroxylation is 1. The van der Waals surface area contributed by atoms with E-state index in [2.05, 4.69) is 9.84 Å². The van der Waals surface area contributed by atoms with Gasteiger partial charge in [-0.25, -0.2) is 4.79 Å². The van der Waals surface area contributed by atoms with Crippen molar-refractivity contribution in [2.24, 2.45) is 0 Å². The summed E-state index contributed by atoms with van der Waals surface area (Å²) in [5.41, 5.74) is 2.14. The van der Waals surface area contributed by atoms with Crippen molar-refractivity contribution in [3.8, 4) is 5.75 Å². The van der Waals surface area contributed by atoms with Crippen LogP contribution in [0, 0.1) is 6.92 Å². The van der Waals surface area contributed by atoms with E-state index in [-0.39, 0.29) is 57.1 Å². The molecule has 3 rings (SSSR count). The van der Waals surface area contributed by atoms with E-state index in [0.717, 1.165) is 16.6 Å². The molecule has 0 unspecified atom stereocenters. The number of fused-ring (bicyclic) bond motifs is 1. The SMILES string of the molecule is Cc1nn(Cc2cccc(Cl)c2Cl)c2cc(OC(=O)C(F)F)ccc12.[K]. The predicted molar refractivity (Wildman–Crippen MR) is 97.4 cm³/mol. The van der Waals surface area contributed by atoms with Crippen molar-refractivity contribution in [1.82, 2.24) is 9.78 Å². The van der Waals surface area contributed by atoms with Crippen molar-refractivity contribution < 1.29 is 18.3 Å². The number of alkyl halides is 2. The Hall–Kier alpha value is -0.544. The molecule has 0 saturated carbocycles. The van der Waals surface area contributed by atoms with Gasteiger partial charge in [-0.1, -0.05) is 35.3 Å². The number of carbonyl (C=O) groups is 1. The third-order valence-corrected chi connectivity index (χ3v) is 4.51. The van der Waals surface area contributed by atoms with Gasteiger partial charge < -0.3 is 4.74 Å². The summed E-state index contributed by atoms with van der Waals surface area (Å²) in [6.45, 7) is 2.15. The Morgan fingerprint density at radius 3 is 2.69 bits per heavy atom. The Labute approximate surface area is 200 Å². The molecule has 0 aliphatic carbocycles. The molecule has 0 spiro atoms. The molecular formula is C17H12Cl2F2KN2O2. The minimum absolute atomic E-state index is 0. The largest absolute Gasteiger partial charge is 0.422 e. The zero-order valence-electron chi connectivity index (χ0n) is 14.0. The molecule has 0 bridgehead atoms. The van der Waals surface area contributed by atoms with E-state index in [0.29, 0.717) is 22.1 Å². The molecule has 9 heteroatoms. The first-order chi connectivity index (χ1) is 11.9. The summed E-state index contributed by atoms with van der Waals surface area (Å²) in [5, 5.41) is 6.10. The smallest absolute Gasteiger partial charge is 0.379 e. The maximum atomic E-state index is 12.4. The number of nitrogens with zero attached hydrogens (tertiary/aromatic N) is 2. The monoisotopic (exact) mass is 423 g/mol. The van der Waals surface area contributed by atoms with Crippen LogP contribution in [0.2, 0.25) is 10.0 Å². The summed E-state index contributed by atoms with van der Waals surface area (Å²) < 4.78 is 31.0. The van der Waals surface area contributed by atoms with Crippen LogP contribution in [0.5, 0.6) is 5.75 Å². The summed E-state index contributed by atoms with van der Waals surface area (Å²) in [7, 11) is 0. The van der Waals surface area contributed by atoms with Gasteiger partial charge in [0.05, 0.1) is 27.8 Å². The Morgan fingerprint density at radius 2 is 2.00 bits per heavy atom. The molecule has 1 radical (unpaired) electrons. The van der Waals surface area contributed by atoms with Gasteiger partial charge in [-0.05, 0) is 30.7 Å². The van der Waals surface area contributed by atoms with Crippen LogP contribution in [0.3, 0.4) is 0 Å². The molecular weight excluding hydrogens is 412 g/mol. The van der Waals surface area contributed by atoms with Gasteiger partial charge in [0, 0.05) is 62.8 Å². The molecule has 2 aromatic carbocycles. The van der Waals surface area contributed by atoms with E-state index >= 15 is 0 Å². The molecule has 4 nitrogen and oxygen atoms in total. The summed E-state index contributed by atoms with van der Waals surface area (Å²) in [6.07, 6.45) is -3.19. The second-order valence-corrected chi connectivity index (χ2v) is 6.14. The average Bonchev–Trinajstić information content (AvgIpc) is 2.87. The fraction of sp³-hybridized carbons (Fsp3) is 0.176. The third-order valence-electron chi connectivity index (χ3n) is 3.66. The predicted octanol–water partition coefficient (Wildman–Crippen LogP) is 4.49. The van der Waals surface area contributed by atoms with Crippen LogP contribution >= 0.6 is 23.2 Å². The summed E-state index contributed by atoms with van der Waals surface area (Å²) in [5.74, 6) is -1.57. The second-order valence-electron chi connectivity index (χ2n) is 5.36. The Morgan fingerprint density at radius 1 is 1.27 bits per heavy atom. The number of rotatable bonds is 4. The second kappa shape index (κ2) is 9.10. The fourth-order valence-electron chi connectivity index (χ4n) is 2.50. The van der Waals surface area contributed by atoms with Crippen molar-refractivity contribution in [1.29, 1.82) is 0 Å². The first kappa shape index (κ1) is 21.8. The fourth-order valence-corrected chi connectivity index (χ4v) is 2.88. The number of hydrogen-bond acceptors (Lipinski definition) is 3. The van der Waals surface area contributed by atoms with E-state index < -0.39 is 12.4 Å². The minimum atomic E-state index is -3.19. The van der Waals surface area contributed by atoms with Crippen LogP contribution in [-0.4, -0.2) is 73.6 Å². The number of benzene rings is 2. The molecule has 3 aromatic rings. The van der Waals surface area contributed by atoms with Crippen molar-refractivity contribution in [3.05, 3.63) is 57.7 Å². The molecule has 131 valence electrons. The Balaban J connectivity index is 0.00000243. The number of carbonyl (C=O) groups excluding carboxylic acids is 1. The van der Waals surface area contributed by atoms with E-state index in [9.17, 15) is 13.6 Å². The first-order valence-electron chi connectivity index (χ1n) is 7.26. The zero-order chi connectivity index (χ0) is 18.1. The number of esters is 1. The number of ether oxygens (including phenoxy) is 1. The number of hydrogen-bond donors (Lipinski definition) is 0. The van der Waals surface area contributed by atoms with Crippen LogP contribution in [0.25, 0.3) is 10.9 Å². The van der Waals surface area contributed by atoms with Crippen molar-refractivity contribution in [2.75, 3.05) is 0 Å². The van der Waals surface area contributed by atoms with Gasteiger partial charge in [-0.15, -0.1) is 0 Å². The van der Waals surface area contributed by atoms with Gasteiger partial charge in [-0.2, -0.15) is 13.9 Å². The van der Waals surface area contributed by atoms with Gasteiger partial charge >= 0.3 is 12.4 Å². The van der Waals surface area contributed by atoms with E-state index in [1.54, 1.807) is 22.9 Å². The van der Waals surface area contributed by atoms with Crippen molar-refractivity contribution >= 4 is 91.5 Å². The number of aromatic nitrogens is 2. The zero-order valence-corrected chi connectivity index (χ0v) is 18.6. The molecule has 26 heavy (non-hydrogen) atoms. The topological polar surface area (TPSA) is 44.1 Å². The van der Waals surface area contributed by atoms with Crippen molar-refractivity contribution in [3.63, 3.8) is 0 Å². The van der Waals surface area contributed by atoms with Crippen LogP contribution < -0.4 is 4.74 Å². The normalized spacial score (nSPS) is 10.8. The molecule has 0 aliphatic heterocycles. The number of halogens is 4. The molecule has 0 aliphatic rings. The third kappa shape index (κ3) is 4.65. The molecule has 0 atom stereocenters. The van der Waals surface area contributed by atoms with Gasteiger partial charge in [0.2, 0.25) is 0 Å². The van der Waals surface area contributed by atoms with E-state index in [1.165, 1.54) is 12.1 Å². The van der Waals surface area contributed by atoms with Gasteiger partial charge in [0.15, 0.2) is 0 Å². The first-order valence-corrected chi connectivity index (χ1v) is 8.02. The van der Waals surface area contributed by atoms with Crippen LogP contribution in [0.15, 0.2) is 36.4 Å². The van der Waals surface area contributed by atoms with E-state index in [4.69, 9.17) is 23.2 Å². The molecule has 1 heterocycles. The molecule has 1 aromatic heterocycles. The molecule has 0 fully saturated rings. The quantitative estimate of drug-likeness (QED) is 0.352. The van der Waals surface area contributed by atoms with Crippen LogP contribution in [0.1, 0.15) is 11.3 Å². The summed E-state index contributed by atoms with van der Waals surface area (Å²) in [4.78, 5) is 11.1. The maximum Gasteiger partial charge on any atom is 0.379 e. The summed E-state index contributed by atoms with van der Waals surface area (Å²) >= 11 is 12.2. The Kier molecular flexibility index (Phi) is 7.61. The van der Waals surface area contributed by atoms with Crippen molar-refractivity contribution in [2.45, 2.75) is 19.9 Å². The maximum absolute atomic E-state index is 12.4. The van der Waals surface area contributed by atoms with Crippen LogP contribution in [-0.2, 0) is 11.3 Å². The standard InChI is InChI=1S/C17H12Cl2F2N2O2.K/c1-9-12-6-5-11(25-17(24)16(20)21)7-14(12)23(22-9)8-10-3-2-4-13(18)15(10)19;/h2-7,16H,8H2,1H3;. The Bertz CT molecular complexity index is 963. The van der Waals surface area contributed by atoms with Gasteiger partial charge in [0.25, 0.3) is 0 Å². The van der Waals surface area contributed by atoms with E-state index in [1.807, 2.05) is 13.0 Å².